The fourth-order valence-electron chi connectivity index (χ4n) is 2.13. The second-order valence-corrected chi connectivity index (χ2v) is 7.35. The third kappa shape index (κ3) is 2.94. The molecule has 0 bridgehead atoms. The Morgan fingerprint density at radius 2 is 1.95 bits per heavy atom. The third-order valence-electron chi connectivity index (χ3n) is 3.58. The quantitative estimate of drug-likeness (QED) is 0.873. The first kappa shape index (κ1) is 16.7. The molecule has 22 heavy (non-hydrogen) atoms. The fraction of sp³-hybridized carbons (Fsp3) is 0.385. The Labute approximate surface area is 133 Å². The SMILES string of the molecule is Cc1c(Cl)cc(C(=O)O)cc1S(=O)(=O)N1CCN(C)C(=O)C1. The van der Waals surface area contributed by atoms with E-state index in [1.807, 2.05) is 0 Å². The highest BCUT2D eigenvalue weighted by Crippen LogP contribution is 2.28. The highest BCUT2D eigenvalue weighted by atomic mass is 35.5. The summed E-state index contributed by atoms with van der Waals surface area (Å²) in [5.41, 5.74) is 0.0488. The first-order valence-corrected chi connectivity index (χ1v) is 8.24. The van der Waals surface area contributed by atoms with Gasteiger partial charge < -0.3 is 10.0 Å². The number of aromatic carboxylic acids is 1. The molecule has 0 atom stereocenters. The molecule has 1 aliphatic rings. The number of likely N-dealkylation sites (N-methyl/N-ethyl adjacent to an activating group) is 1. The van der Waals surface area contributed by atoms with Gasteiger partial charge in [-0.2, -0.15) is 4.31 Å². The van der Waals surface area contributed by atoms with Crippen molar-refractivity contribution < 1.29 is 23.1 Å². The van der Waals surface area contributed by atoms with Crippen molar-refractivity contribution in [3.8, 4) is 0 Å². The molecule has 120 valence electrons. The van der Waals surface area contributed by atoms with E-state index < -0.39 is 16.0 Å². The molecule has 0 unspecified atom stereocenters. The molecule has 1 aromatic rings. The van der Waals surface area contributed by atoms with Crippen LogP contribution in [0, 0.1) is 6.92 Å². The predicted octanol–water partition coefficient (Wildman–Crippen LogP) is 0.809. The molecule has 1 aliphatic heterocycles. The van der Waals surface area contributed by atoms with E-state index in [1.165, 1.54) is 17.9 Å². The van der Waals surface area contributed by atoms with Crippen LogP contribution >= 0.6 is 11.6 Å². The van der Waals surface area contributed by atoms with Gasteiger partial charge in [-0.25, -0.2) is 13.2 Å². The van der Waals surface area contributed by atoms with Gasteiger partial charge in [0, 0.05) is 25.2 Å². The van der Waals surface area contributed by atoms with Crippen LogP contribution in [-0.4, -0.2) is 61.3 Å². The maximum Gasteiger partial charge on any atom is 0.335 e. The summed E-state index contributed by atoms with van der Waals surface area (Å²) >= 11 is 5.94. The number of carbonyl (C=O) groups excluding carboxylic acids is 1. The van der Waals surface area contributed by atoms with E-state index >= 15 is 0 Å². The standard InChI is InChI=1S/C13H15ClN2O5S/c1-8-10(14)5-9(13(18)19)6-11(8)22(20,21)16-4-3-15(2)12(17)7-16/h5-6H,3-4,7H2,1-2H3,(H,18,19). The molecular weight excluding hydrogens is 332 g/mol. The number of hydrogen-bond donors (Lipinski definition) is 1. The van der Waals surface area contributed by atoms with Gasteiger partial charge in [0.15, 0.2) is 0 Å². The first-order valence-electron chi connectivity index (χ1n) is 6.42. The number of rotatable bonds is 3. The molecule has 0 spiro atoms. The number of carboxylic acid groups (broad SMARTS) is 1. The van der Waals surface area contributed by atoms with Crippen molar-refractivity contribution in [1.82, 2.24) is 9.21 Å². The lowest BCUT2D eigenvalue weighted by atomic mass is 10.1. The zero-order valence-electron chi connectivity index (χ0n) is 12.0. The van der Waals surface area contributed by atoms with Gasteiger partial charge in [0.2, 0.25) is 15.9 Å². The minimum Gasteiger partial charge on any atom is -0.478 e. The van der Waals surface area contributed by atoms with E-state index in [-0.39, 0.29) is 46.6 Å². The third-order valence-corrected chi connectivity index (χ3v) is 5.95. The van der Waals surface area contributed by atoms with Gasteiger partial charge >= 0.3 is 5.97 Å². The van der Waals surface area contributed by atoms with Crippen LogP contribution in [0.25, 0.3) is 0 Å². The van der Waals surface area contributed by atoms with E-state index in [0.717, 1.165) is 10.4 Å². The number of nitrogens with zero attached hydrogens (tertiary/aromatic N) is 2. The summed E-state index contributed by atoms with van der Waals surface area (Å²) in [7, 11) is -2.39. The van der Waals surface area contributed by atoms with Gasteiger partial charge in [0.05, 0.1) is 17.0 Å². The van der Waals surface area contributed by atoms with Gasteiger partial charge in [-0.05, 0) is 24.6 Å². The monoisotopic (exact) mass is 346 g/mol. The molecule has 9 heteroatoms. The number of halogens is 1. The molecular formula is C13H15ClN2O5S. The van der Waals surface area contributed by atoms with Crippen molar-refractivity contribution in [3.63, 3.8) is 0 Å². The van der Waals surface area contributed by atoms with E-state index in [1.54, 1.807) is 7.05 Å². The predicted molar refractivity (Wildman–Crippen MR) is 79.5 cm³/mol. The van der Waals surface area contributed by atoms with Gasteiger partial charge in [-0.3, -0.25) is 4.79 Å². The zero-order valence-corrected chi connectivity index (χ0v) is 13.6. The lowest BCUT2D eigenvalue weighted by molar-refractivity contribution is -0.132. The summed E-state index contributed by atoms with van der Waals surface area (Å²) < 4.78 is 26.4. The average molecular weight is 347 g/mol. The second-order valence-electron chi connectivity index (χ2n) is 5.04. The number of sulfonamides is 1. The maximum atomic E-state index is 12.7. The summed E-state index contributed by atoms with van der Waals surface area (Å²) in [6, 6.07) is 2.27. The van der Waals surface area contributed by atoms with Crippen molar-refractivity contribution >= 4 is 33.5 Å². The van der Waals surface area contributed by atoms with Crippen molar-refractivity contribution in [2.45, 2.75) is 11.8 Å². The molecule has 7 nitrogen and oxygen atoms in total. The molecule has 0 aliphatic carbocycles. The minimum atomic E-state index is -3.99. The molecule has 0 aromatic heterocycles. The van der Waals surface area contributed by atoms with Crippen LogP contribution in [0.15, 0.2) is 17.0 Å². The van der Waals surface area contributed by atoms with Crippen LogP contribution < -0.4 is 0 Å². The van der Waals surface area contributed by atoms with Crippen LogP contribution in [0.4, 0.5) is 0 Å². The first-order chi connectivity index (χ1) is 10.1. The Kier molecular flexibility index (Phi) is 4.46. The second kappa shape index (κ2) is 5.86. The number of benzene rings is 1. The molecule has 1 aromatic carbocycles. The Bertz CT molecular complexity index is 747. The van der Waals surface area contributed by atoms with E-state index in [9.17, 15) is 18.0 Å². The molecule has 0 saturated carbocycles. The van der Waals surface area contributed by atoms with Gasteiger partial charge in [-0.1, -0.05) is 11.6 Å². The number of piperazine rings is 1. The highest BCUT2D eigenvalue weighted by Gasteiger charge is 2.33. The van der Waals surface area contributed by atoms with Gasteiger partial charge in [0.1, 0.15) is 0 Å². The summed E-state index contributed by atoms with van der Waals surface area (Å²) in [5, 5.41) is 9.10. The Morgan fingerprint density at radius 1 is 1.32 bits per heavy atom. The lowest BCUT2D eigenvalue weighted by Crippen LogP contribution is -2.50. The average Bonchev–Trinajstić information content (AvgIpc) is 2.44. The molecule has 0 radical (unpaired) electrons. The highest BCUT2D eigenvalue weighted by molar-refractivity contribution is 7.89. The molecule has 1 saturated heterocycles. The lowest BCUT2D eigenvalue weighted by Gasteiger charge is -2.31. The Hall–Kier alpha value is -1.64. The van der Waals surface area contributed by atoms with Crippen molar-refractivity contribution in [1.29, 1.82) is 0 Å². The van der Waals surface area contributed by atoms with Crippen LogP contribution in [-0.2, 0) is 14.8 Å². The summed E-state index contributed by atoms with van der Waals surface area (Å²) in [5.74, 6) is -1.58. The normalized spacial score (nSPS) is 16.9. The van der Waals surface area contributed by atoms with Crippen LogP contribution in [0.1, 0.15) is 15.9 Å². The number of hydrogen-bond acceptors (Lipinski definition) is 4. The number of carbonyl (C=O) groups is 2. The zero-order chi connectivity index (χ0) is 16.7. The molecule has 1 amide bonds. The van der Waals surface area contributed by atoms with E-state index in [0.29, 0.717) is 0 Å². The summed E-state index contributed by atoms with van der Waals surface area (Å²) in [4.78, 5) is 24.1. The summed E-state index contributed by atoms with van der Waals surface area (Å²) in [6.07, 6.45) is 0. The van der Waals surface area contributed by atoms with Gasteiger partial charge in [-0.15, -0.1) is 0 Å². The van der Waals surface area contributed by atoms with Gasteiger partial charge in [0.25, 0.3) is 0 Å². The van der Waals surface area contributed by atoms with Crippen LogP contribution in [0.5, 0.6) is 0 Å². The number of carboxylic acids is 1. The van der Waals surface area contributed by atoms with Crippen LogP contribution in [0.2, 0.25) is 5.02 Å². The molecule has 2 rings (SSSR count). The van der Waals surface area contributed by atoms with Crippen LogP contribution in [0.3, 0.4) is 0 Å². The van der Waals surface area contributed by atoms with E-state index in [4.69, 9.17) is 16.7 Å². The maximum absolute atomic E-state index is 12.7. The number of amides is 1. The Balaban J connectivity index is 2.50. The topological polar surface area (TPSA) is 95.0 Å². The summed E-state index contributed by atoms with van der Waals surface area (Å²) in [6.45, 7) is 1.66. The largest absolute Gasteiger partial charge is 0.478 e. The molecule has 1 N–H and O–H groups in total. The van der Waals surface area contributed by atoms with Crippen molar-refractivity contribution in [2.24, 2.45) is 0 Å². The van der Waals surface area contributed by atoms with Crippen molar-refractivity contribution in [3.05, 3.63) is 28.3 Å². The molecule has 1 fully saturated rings. The molecule has 1 heterocycles. The van der Waals surface area contributed by atoms with Crippen molar-refractivity contribution in [2.75, 3.05) is 26.7 Å². The smallest absolute Gasteiger partial charge is 0.335 e. The Morgan fingerprint density at radius 3 is 2.50 bits per heavy atom. The van der Waals surface area contributed by atoms with E-state index in [2.05, 4.69) is 0 Å². The minimum absolute atomic E-state index is 0.0546. The fourth-order valence-corrected chi connectivity index (χ4v) is 4.05.